The molecule has 0 aliphatic carbocycles. The van der Waals surface area contributed by atoms with E-state index in [2.05, 4.69) is 43.8 Å². The molecule has 1 aromatic carbocycles. The average molecular weight is 407 g/mol. The Kier molecular flexibility index (Phi) is 9.37. The zero-order valence-corrected chi connectivity index (χ0v) is 16.4. The monoisotopic (exact) mass is 406 g/mol. The lowest BCUT2D eigenvalue weighted by molar-refractivity contribution is 0.122. The van der Waals surface area contributed by atoms with Crippen LogP contribution < -0.4 is 16.0 Å². The van der Waals surface area contributed by atoms with Crippen LogP contribution in [0.25, 0.3) is 0 Å². The number of nitrogens with one attached hydrogen (secondary N) is 2. The van der Waals surface area contributed by atoms with E-state index in [9.17, 15) is 0 Å². The Bertz CT molecular complexity index is 638. The number of benzene rings is 1. The van der Waals surface area contributed by atoms with Gasteiger partial charge in [0.25, 0.3) is 0 Å². The van der Waals surface area contributed by atoms with Gasteiger partial charge in [0.05, 0.1) is 19.3 Å². The fraction of sp³-hybridized carbons (Fsp3) is 0.467. The first-order valence-electron chi connectivity index (χ1n) is 7.66. The van der Waals surface area contributed by atoms with Gasteiger partial charge >= 0.3 is 0 Å². The first-order chi connectivity index (χ1) is 11.3. The number of anilines is 2. The number of rotatable bonds is 6. The van der Waals surface area contributed by atoms with Gasteiger partial charge in [-0.2, -0.15) is 4.98 Å². The van der Waals surface area contributed by atoms with Crippen LogP contribution in [0, 0.1) is 0 Å². The number of hydrogen-bond acceptors (Lipinski definition) is 7. The average Bonchev–Trinajstić information content (AvgIpc) is 3.10. The van der Waals surface area contributed by atoms with Gasteiger partial charge in [0.15, 0.2) is 0 Å². The third-order valence-corrected chi connectivity index (χ3v) is 4.49. The molecule has 0 amide bonds. The molecule has 0 spiro atoms. The molecule has 1 aliphatic heterocycles. The topological polar surface area (TPSA) is 92.1 Å². The highest BCUT2D eigenvalue weighted by Gasteiger charge is 2.19. The number of aromatic nitrogens is 3. The van der Waals surface area contributed by atoms with Gasteiger partial charge in [0, 0.05) is 30.2 Å². The Labute approximate surface area is 164 Å². The lowest BCUT2D eigenvalue weighted by Crippen LogP contribution is -2.37. The summed E-state index contributed by atoms with van der Waals surface area (Å²) in [6.07, 6.45) is 2.06. The number of nitrogens with zero attached hydrogens (tertiary/aromatic N) is 3. The Balaban J connectivity index is 0.00000156. The molecule has 10 heteroatoms. The fourth-order valence-electron chi connectivity index (χ4n) is 2.48. The fourth-order valence-corrected chi connectivity index (χ4v) is 2.94. The maximum absolute atomic E-state index is 5.92. The first-order valence-corrected chi connectivity index (χ1v) is 8.88. The third-order valence-electron chi connectivity index (χ3n) is 3.76. The molecule has 1 unspecified atom stereocenters. The van der Waals surface area contributed by atoms with E-state index in [1.165, 1.54) is 4.90 Å². The molecule has 7 nitrogen and oxygen atoms in total. The number of morpholine rings is 1. The van der Waals surface area contributed by atoms with E-state index in [1.807, 2.05) is 12.1 Å². The molecule has 1 fully saturated rings. The second kappa shape index (κ2) is 10.7. The first kappa shape index (κ1) is 21.9. The Morgan fingerprint density at radius 1 is 1.36 bits per heavy atom. The molecule has 25 heavy (non-hydrogen) atoms. The number of nitrogens with two attached hydrogens (primary N) is 1. The van der Waals surface area contributed by atoms with Gasteiger partial charge in [0.1, 0.15) is 5.82 Å². The van der Waals surface area contributed by atoms with Gasteiger partial charge in [-0.15, -0.1) is 41.7 Å². The highest BCUT2D eigenvalue weighted by atomic mass is 35.5. The highest BCUT2D eigenvalue weighted by molar-refractivity contribution is 7.98. The second-order valence-corrected chi connectivity index (χ2v) is 6.16. The number of aromatic amines is 1. The van der Waals surface area contributed by atoms with E-state index in [1.54, 1.807) is 11.8 Å². The summed E-state index contributed by atoms with van der Waals surface area (Å²) in [4.78, 5) is 7.92. The van der Waals surface area contributed by atoms with Crippen molar-refractivity contribution >= 4 is 48.2 Å². The van der Waals surface area contributed by atoms with Gasteiger partial charge in [-0.25, -0.2) is 0 Å². The van der Waals surface area contributed by atoms with E-state index in [4.69, 9.17) is 10.5 Å². The molecule has 1 atom stereocenters. The van der Waals surface area contributed by atoms with E-state index < -0.39 is 0 Å². The molecule has 4 N–H and O–H groups in total. The van der Waals surface area contributed by atoms with Crippen molar-refractivity contribution in [3.63, 3.8) is 0 Å². The maximum Gasteiger partial charge on any atom is 0.244 e. The summed E-state index contributed by atoms with van der Waals surface area (Å²) in [6.45, 7) is 3.48. The van der Waals surface area contributed by atoms with E-state index in [0.717, 1.165) is 24.6 Å². The van der Waals surface area contributed by atoms with Crippen LogP contribution in [0.1, 0.15) is 11.9 Å². The summed E-state index contributed by atoms with van der Waals surface area (Å²) in [5, 5.41) is 10.8. The zero-order valence-electron chi connectivity index (χ0n) is 14.0. The molecule has 1 aliphatic rings. The number of H-pyrrole nitrogens is 1. The van der Waals surface area contributed by atoms with Crippen LogP contribution in [0.5, 0.6) is 0 Å². The van der Waals surface area contributed by atoms with Crippen molar-refractivity contribution in [3.05, 3.63) is 30.1 Å². The second-order valence-electron chi connectivity index (χ2n) is 5.28. The maximum atomic E-state index is 5.92. The van der Waals surface area contributed by atoms with Crippen molar-refractivity contribution in [3.8, 4) is 0 Å². The van der Waals surface area contributed by atoms with Crippen molar-refractivity contribution in [1.82, 2.24) is 15.2 Å². The van der Waals surface area contributed by atoms with Gasteiger partial charge < -0.3 is 20.7 Å². The summed E-state index contributed by atoms with van der Waals surface area (Å²) < 4.78 is 5.36. The molecule has 2 aromatic rings. The van der Waals surface area contributed by atoms with Crippen LogP contribution in [-0.4, -0.2) is 54.3 Å². The smallest absolute Gasteiger partial charge is 0.244 e. The van der Waals surface area contributed by atoms with Crippen LogP contribution in [0.15, 0.2) is 29.2 Å². The number of ether oxygens (including phenoxy) is 1. The lowest BCUT2D eigenvalue weighted by Gasteiger charge is -2.25. The minimum absolute atomic E-state index is 0. The van der Waals surface area contributed by atoms with Crippen molar-refractivity contribution in [2.24, 2.45) is 5.73 Å². The number of halogens is 2. The minimum Gasteiger partial charge on any atom is -0.378 e. The van der Waals surface area contributed by atoms with Crippen LogP contribution in [-0.2, 0) is 4.74 Å². The summed E-state index contributed by atoms with van der Waals surface area (Å²) >= 11 is 1.71. The Morgan fingerprint density at radius 2 is 2.12 bits per heavy atom. The van der Waals surface area contributed by atoms with Crippen LogP contribution in [0.3, 0.4) is 0 Å². The minimum atomic E-state index is -0.102. The number of hydrogen-bond donors (Lipinski definition) is 3. The van der Waals surface area contributed by atoms with E-state index >= 15 is 0 Å². The molecule has 0 bridgehead atoms. The third kappa shape index (κ3) is 5.65. The van der Waals surface area contributed by atoms with Gasteiger partial charge in [-0.05, 0) is 24.5 Å². The SMILES string of the molecule is CSc1cccc(NC(CN)c2nc(N3CCOCC3)n[nH]2)c1.Cl.Cl. The standard InChI is InChI=1S/C15H22N6OS.2ClH/c1-23-12-4-2-3-11(9-12)17-13(10-16)14-18-15(20-19-14)21-5-7-22-8-6-21;;/h2-4,9,13,17H,5-8,10,16H2,1H3,(H,18,19,20);2*1H. The Morgan fingerprint density at radius 3 is 2.80 bits per heavy atom. The van der Waals surface area contributed by atoms with E-state index in [-0.39, 0.29) is 30.9 Å². The predicted octanol–water partition coefficient (Wildman–Crippen LogP) is 2.32. The molecule has 1 aromatic heterocycles. The molecule has 3 rings (SSSR count). The van der Waals surface area contributed by atoms with Crippen LogP contribution >= 0.6 is 36.6 Å². The Hall–Kier alpha value is -1.19. The number of thioether (sulfide) groups is 1. The van der Waals surface area contributed by atoms with Crippen molar-refractivity contribution < 1.29 is 4.74 Å². The quantitative estimate of drug-likeness (QED) is 0.633. The van der Waals surface area contributed by atoms with Crippen molar-refractivity contribution in [2.75, 3.05) is 49.3 Å². The molecule has 0 saturated carbocycles. The highest BCUT2D eigenvalue weighted by Crippen LogP contribution is 2.22. The normalized spacial score (nSPS) is 15.0. The largest absolute Gasteiger partial charge is 0.378 e. The molecule has 1 saturated heterocycles. The predicted molar refractivity (Wildman–Crippen MR) is 108 cm³/mol. The van der Waals surface area contributed by atoms with Crippen molar-refractivity contribution in [1.29, 1.82) is 0 Å². The summed E-state index contributed by atoms with van der Waals surface area (Å²) in [5.41, 5.74) is 6.95. The van der Waals surface area contributed by atoms with Gasteiger partial charge in [0.2, 0.25) is 5.95 Å². The molecule has 2 heterocycles. The van der Waals surface area contributed by atoms with Gasteiger partial charge in [-0.3, -0.25) is 5.10 Å². The molecule has 140 valence electrons. The van der Waals surface area contributed by atoms with E-state index in [0.29, 0.717) is 25.7 Å². The molecular weight excluding hydrogens is 383 g/mol. The zero-order chi connectivity index (χ0) is 16.1. The van der Waals surface area contributed by atoms with Crippen LogP contribution in [0.2, 0.25) is 0 Å². The molecule has 0 radical (unpaired) electrons. The van der Waals surface area contributed by atoms with Crippen LogP contribution in [0.4, 0.5) is 11.6 Å². The summed E-state index contributed by atoms with van der Waals surface area (Å²) in [5.74, 6) is 1.46. The van der Waals surface area contributed by atoms with Crippen molar-refractivity contribution in [2.45, 2.75) is 10.9 Å². The summed E-state index contributed by atoms with van der Waals surface area (Å²) in [7, 11) is 0. The lowest BCUT2D eigenvalue weighted by atomic mass is 10.2. The molecular formula is C15H24Cl2N6OS. The summed E-state index contributed by atoms with van der Waals surface area (Å²) in [6, 6.07) is 8.14. The van der Waals surface area contributed by atoms with Gasteiger partial charge in [-0.1, -0.05) is 6.07 Å².